The van der Waals surface area contributed by atoms with E-state index in [9.17, 15) is 5.11 Å². The lowest BCUT2D eigenvalue weighted by Gasteiger charge is -2.33. The number of β-amino-alcohol motifs (C(OH)–C–C–N with tert-alkyl or cyclic N) is 1. The molecule has 196 valence electrons. The number of benzene rings is 2. The number of halogens is 2. The van der Waals surface area contributed by atoms with Crippen molar-refractivity contribution in [1.29, 1.82) is 0 Å². The molecule has 7 nitrogen and oxygen atoms in total. The molecule has 0 bridgehead atoms. The molecule has 9 heteroatoms. The Kier molecular flexibility index (Phi) is 7.50. The van der Waals surface area contributed by atoms with Crippen molar-refractivity contribution in [2.24, 2.45) is 0 Å². The van der Waals surface area contributed by atoms with Gasteiger partial charge in [0.2, 0.25) is 5.89 Å². The number of piperidine rings is 1. The Hall–Kier alpha value is -2.58. The van der Waals surface area contributed by atoms with Crippen LogP contribution in [0.25, 0.3) is 22.6 Å². The third-order valence-corrected chi connectivity index (χ3v) is 7.44. The van der Waals surface area contributed by atoms with Gasteiger partial charge < -0.3 is 23.6 Å². The molecule has 0 amide bonds. The van der Waals surface area contributed by atoms with Crippen molar-refractivity contribution in [2.45, 2.75) is 51.0 Å². The Morgan fingerprint density at radius 3 is 2.54 bits per heavy atom. The van der Waals surface area contributed by atoms with Crippen molar-refractivity contribution in [3.63, 3.8) is 0 Å². The highest BCUT2D eigenvalue weighted by Gasteiger charge is 2.25. The number of hydrogen-bond donors (Lipinski definition) is 1. The Bertz CT molecular complexity index is 1370. The first kappa shape index (κ1) is 26.0. The molecule has 2 aromatic carbocycles. The second-order valence-electron chi connectivity index (χ2n) is 10.7. The maximum atomic E-state index is 10.7. The molecule has 0 unspecified atom stereocenters. The maximum Gasteiger partial charge on any atom is 0.283 e. The zero-order chi connectivity index (χ0) is 26.2. The smallest absolute Gasteiger partial charge is 0.283 e. The molecule has 1 aliphatic heterocycles. The molecule has 1 saturated heterocycles. The lowest BCUT2D eigenvalue weighted by atomic mass is 9.89. The van der Waals surface area contributed by atoms with Crippen LogP contribution in [0.2, 0.25) is 10.0 Å². The topological polar surface area (TPSA) is 84.8 Å². The fraction of sp³-hybridized carbons (Fsp3) is 0.429. The van der Waals surface area contributed by atoms with Crippen molar-refractivity contribution in [2.75, 3.05) is 26.2 Å². The zero-order valence-electron chi connectivity index (χ0n) is 21.2. The van der Waals surface area contributed by atoms with Gasteiger partial charge in [0, 0.05) is 18.0 Å². The fourth-order valence-electron chi connectivity index (χ4n) is 4.64. The number of aliphatic hydroxyl groups is 1. The minimum absolute atomic E-state index is 0.182. The largest absolute Gasteiger partial charge is 0.490 e. The van der Waals surface area contributed by atoms with Crippen molar-refractivity contribution in [3.8, 4) is 17.4 Å². The Morgan fingerprint density at radius 1 is 1.05 bits per heavy atom. The molecule has 3 heterocycles. The van der Waals surface area contributed by atoms with E-state index < -0.39 is 6.10 Å². The van der Waals surface area contributed by atoms with Crippen molar-refractivity contribution < 1.29 is 18.7 Å². The number of furan rings is 1. The van der Waals surface area contributed by atoms with E-state index in [-0.39, 0.29) is 12.0 Å². The van der Waals surface area contributed by atoms with E-state index in [2.05, 4.69) is 21.2 Å². The van der Waals surface area contributed by atoms with E-state index >= 15 is 0 Å². The number of nitrogens with zero attached hydrogens (tertiary/aromatic N) is 3. The van der Waals surface area contributed by atoms with E-state index in [1.807, 2.05) is 57.2 Å². The summed E-state index contributed by atoms with van der Waals surface area (Å²) >= 11 is 12.3. The third kappa shape index (κ3) is 5.96. The molecule has 0 spiro atoms. The first-order chi connectivity index (χ1) is 17.7. The molecule has 5 rings (SSSR count). The number of fused-ring (bicyclic) bond motifs is 1. The van der Waals surface area contributed by atoms with Crippen LogP contribution in [0.15, 0.2) is 51.3 Å². The highest BCUT2D eigenvalue weighted by atomic mass is 35.5. The Labute approximate surface area is 226 Å². The fourth-order valence-corrected chi connectivity index (χ4v) is 4.95. The quantitative estimate of drug-likeness (QED) is 0.277. The second kappa shape index (κ2) is 10.7. The van der Waals surface area contributed by atoms with Crippen molar-refractivity contribution >= 4 is 34.2 Å². The summed E-state index contributed by atoms with van der Waals surface area (Å²) in [6.45, 7) is 8.58. The molecule has 1 N–H and O–H groups in total. The summed E-state index contributed by atoms with van der Waals surface area (Å²) in [7, 11) is 0. The Balaban J connectivity index is 1.17. The van der Waals surface area contributed by atoms with Gasteiger partial charge in [-0.1, -0.05) is 56.1 Å². The lowest BCUT2D eigenvalue weighted by molar-refractivity contribution is 0.0599. The zero-order valence-corrected chi connectivity index (χ0v) is 22.7. The summed E-state index contributed by atoms with van der Waals surface area (Å²) in [6.07, 6.45) is 1.40. The van der Waals surface area contributed by atoms with Gasteiger partial charge in [0.05, 0.1) is 15.4 Å². The van der Waals surface area contributed by atoms with Crippen LogP contribution in [0.5, 0.6) is 5.75 Å². The number of aliphatic hydroxyl groups excluding tert-OH is 1. The highest BCUT2D eigenvalue weighted by Crippen LogP contribution is 2.35. The van der Waals surface area contributed by atoms with E-state index in [0.29, 0.717) is 51.4 Å². The normalized spacial score (nSPS) is 16.4. The molecule has 37 heavy (non-hydrogen) atoms. The number of likely N-dealkylation sites (tertiary alicyclic amines) is 1. The van der Waals surface area contributed by atoms with Crippen molar-refractivity contribution in [1.82, 2.24) is 15.1 Å². The SMILES string of the molecule is CC(C)(C)c1nnc(-c2cc3c(OC[C@@H](O)CN4CCC(c5ccc(Cl)c(Cl)c5)CC4)cccc3o2)o1. The number of rotatable bonds is 7. The number of ether oxygens (including phenoxy) is 1. The maximum absolute atomic E-state index is 10.7. The van der Waals surface area contributed by atoms with Crippen LogP contribution in [0.1, 0.15) is 51.0 Å². The predicted molar refractivity (Wildman–Crippen MR) is 145 cm³/mol. The van der Waals surface area contributed by atoms with Crippen LogP contribution in [0.3, 0.4) is 0 Å². The first-order valence-corrected chi connectivity index (χ1v) is 13.3. The molecule has 1 fully saturated rings. The van der Waals surface area contributed by atoms with Gasteiger partial charge in [-0.2, -0.15) is 0 Å². The van der Waals surface area contributed by atoms with Crippen LogP contribution >= 0.6 is 23.2 Å². The monoisotopic (exact) mass is 543 g/mol. The number of hydrogen-bond acceptors (Lipinski definition) is 7. The van der Waals surface area contributed by atoms with Crippen LogP contribution in [0, 0.1) is 0 Å². The molecular weight excluding hydrogens is 513 g/mol. The summed E-state index contributed by atoms with van der Waals surface area (Å²) in [5, 5.41) is 20.9. The van der Waals surface area contributed by atoms with Gasteiger partial charge in [0.25, 0.3) is 5.89 Å². The van der Waals surface area contributed by atoms with Gasteiger partial charge in [0.15, 0.2) is 5.76 Å². The molecule has 1 aliphatic rings. The minimum Gasteiger partial charge on any atom is -0.490 e. The van der Waals surface area contributed by atoms with Gasteiger partial charge in [-0.05, 0) is 61.7 Å². The minimum atomic E-state index is -0.617. The Morgan fingerprint density at radius 2 is 1.84 bits per heavy atom. The van der Waals surface area contributed by atoms with Gasteiger partial charge in [0.1, 0.15) is 24.0 Å². The summed E-state index contributed by atoms with van der Waals surface area (Å²) < 4.78 is 17.8. The molecule has 2 aromatic heterocycles. The van der Waals surface area contributed by atoms with Gasteiger partial charge in [-0.25, -0.2) is 0 Å². The molecule has 1 atom stereocenters. The molecular formula is C28H31Cl2N3O4. The van der Waals surface area contributed by atoms with E-state index in [1.165, 1.54) is 5.56 Å². The van der Waals surface area contributed by atoms with Crippen LogP contribution in [-0.2, 0) is 5.41 Å². The molecule has 0 saturated carbocycles. The third-order valence-electron chi connectivity index (χ3n) is 6.70. The second-order valence-corrected chi connectivity index (χ2v) is 11.5. The molecule has 4 aromatic rings. The van der Waals surface area contributed by atoms with Gasteiger partial charge in [-0.15, -0.1) is 10.2 Å². The number of aromatic nitrogens is 2. The summed E-state index contributed by atoms with van der Waals surface area (Å²) in [4.78, 5) is 2.28. The average molecular weight is 544 g/mol. The van der Waals surface area contributed by atoms with E-state index in [1.54, 1.807) is 0 Å². The van der Waals surface area contributed by atoms with Crippen LogP contribution in [-0.4, -0.2) is 52.5 Å². The van der Waals surface area contributed by atoms with Gasteiger partial charge >= 0.3 is 0 Å². The molecule has 0 radical (unpaired) electrons. The van der Waals surface area contributed by atoms with E-state index in [0.717, 1.165) is 31.3 Å². The summed E-state index contributed by atoms with van der Waals surface area (Å²) in [6, 6.07) is 13.3. The standard InChI is InChI=1S/C28H31Cl2N3O4/c1-28(2,3)27-32-31-26(37-27)25-14-20-23(5-4-6-24(20)36-25)35-16-19(34)15-33-11-9-17(10-12-33)18-7-8-21(29)22(30)13-18/h4-8,13-14,17,19,34H,9-12,15-16H2,1-3H3/t19-/m0/s1. The van der Waals surface area contributed by atoms with Crippen molar-refractivity contribution in [3.05, 3.63) is 64.0 Å². The van der Waals surface area contributed by atoms with Crippen LogP contribution in [0.4, 0.5) is 0 Å². The predicted octanol–water partition coefficient (Wildman–Crippen LogP) is 6.71. The van der Waals surface area contributed by atoms with Crippen LogP contribution < -0.4 is 4.74 Å². The van der Waals surface area contributed by atoms with E-state index in [4.69, 9.17) is 36.8 Å². The highest BCUT2D eigenvalue weighted by molar-refractivity contribution is 6.42. The summed E-state index contributed by atoms with van der Waals surface area (Å²) in [5.74, 6) is 2.45. The van der Waals surface area contributed by atoms with Gasteiger partial charge in [-0.3, -0.25) is 0 Å². The summed E-state index contributed by atoms with van der Waals surface area (Å²) in [5.41, 5.74) is 1.63. The lowest BCUT2D eigenvalue weighted by Crippen LogP contribution is -2.40. The molecule has 0 aliphatic carbocycles. The first-order valence-electron chi connectivity index (χ1n) is 12.5. The average Bonchev–Trinajstić information content (AvgIpc) is 3.53.